The lowest BCUT2D eigenvalue weighted by molar-refractivity contribution is 0.749. The highest BCUT2D eigenvalue weighted by Gasteiger charge is 2.17. The third-order valence-corrected chi connectivity index (χ3v) is 4.46. The van der Waals surface area contributed by atoms with Crippen LogP contribution >= 0.6 is 0 Å². The minimum Gasteiger partial charge on any atom is -0.328 e. The van der Waals surface area contributed by atoms with Gasteiger partial charge in [-0.25, -0.2) is 0 Å². The monoisotopic (exact) mass is 115 g/mol. The first kappa shape index (κ1) is 5.32. The highest BCUT2D eigenvalue weighted by atomic mass is 28.3. The summed E-state index contributed by atoms with van der Waals surface area (Å²) in [6.07, 6.45) is 1.31. The summed E-state index contributed by atoms with van der Waals surface area (Å²) < 4.78 is 0. The summed E-state index contributed by atoms with van der Waals surface area (Å²) in [5.74, 6) is 0. The van der Waals surface area contributed by atoms with Gasteiger partial charge in [-0.05, 0) is 12.5 Å². The Hall–Kier alpha value is 0.177. The van der Waals surface area contributed by atoms with E-state index in [4.69, 9.17) is 5.73 Å². The molecule has 0 amide bonds. The Balaban J connectivity index is 2.26. The van der Waals surface area contributed by atoms with Crippen molar-refractivity contribution >= 4 is 8.80 Å². The largest absolute Gasteiger partial charge is 0.328 e. The number of hydrogen-bond acceptors (Lipinski definition) is 1. The fraction of sp³-hybridized carbons (Fsp3) is 1.00. The van der Waals surface area contributed by atoms with E-state index in [1.54, 1.807) is 0 Å². The molecule has 1 aliphatic heterocycles. The second-order valence-electron chi connectivity index (χ2n) is 2.68. The summed E-state index contributed by atoms with van der Waals surface area (Å²) in [7, 11) is -0.232. The molecule has 2 N–H and O–H groups in total. The summed E-state index contributed by atoms with van der Waals surface area (Å²) in [6, 6.07) is 3.46. The van der Waals surface area contributed by atoms with Crippen LogP contribution in [0.2, 0.25) is 18.6 Å². The van der Waals surface area contributed by atoms with E-state index in [2.05, 4.69) is 6.55 Å². The summed E-state index contributed by atoms with van der Waals surface area (Å²) >= 11 is 0. The van der Waals surface area contributed by atoms with Crippen molar-refractivity contribution in [3.63, 3.8) is 0 Å². The molecule has 0 aliphatic carbocycles. The Bertz CT molecular complexity index is 57.1. The van der Waals surface area contributed by atoms with Gasteiger partial charge in [-0.1, -0.05) is 12.6 Å². The topological polar surface area (TPSA) is 26.0 Å². The van der Waals surface area contributed by atoms with E-state index < -0.39 is 0 Å². The molecule has 1 fully saturated rings. The summed E-state index contributed by atoms with van der Waals surface area (Å²) in [5.41, 5.74) is 5.66. The smallest absolute Gasteiger partial charge is 0.0353 e. The quantitative estimate of drug-likeness (QED) is 0.459. The predicted molar refractivity (Wildman–Crippen MR) is 35.2 cm³/mol. The molecule has 7 heavy (non-hydrogen) atoms. The zero-order valence-electron chi connectivity index (χ0n) is 4.85. The number of nitrogens with two attached hydrogens (primary N) is 1. The van der Waals surface area contributed by atoms with Gasteiger partial charge >= 0.3 is 0 Å². The van der Waals surface area contributed by atoms with Crippen molar-refractivity contribution in [2.24, 2.45) is 5.73 Å². The zero-order valence-corrected chi connectivity index (χ0v) is 6.01. The molecule has 1 heterocycles. The maximum Gasteiger partial charge on any atom is 0.0353 e. The van der Waals surface area contributed by atoms with Crippen molar-refractivity contribution in [3.8, 4) is 0 Å². The van der Waals surface area contributed by atoms with Gasteiger partial charge in [-0.15, -0.1) is 0 Å². The van der Waals surface area contributed by atoms with Gasteiger partial charge in [0.25, 0.3) is 0 Å². The van der Waals surface area contributed by atoms with Crippen LogP contribution in [0.25, 0.3) is 0 Å². The van der Waals surface area contributed by atoms with Gasteiger partial charge < -0.3 is 5.73 Å². The molecule has 0 bridgehead atoms. The van der Waals surface area contributed by atoms with Crippen molar-refractivity contribution in [1.29, 1.82) is 0 Å². The van der Waals surface area contributed by atoms with Gasteiger partial charge in [-0.3, -0.25) is 0 Å². The molecular formula is C5H13NSi. The second kappa shape index (κ2) is 1.97. The van der Waals surface area contributed by atoms with Gasteiger partial charge in [0.2, 0.25) is 0 Å². The molecule has 2 atom stereocenters. The predicted octanol–water partition coefficient (Wildman–Crippen LogP) is 0.574. The Morgan fingerprint density at radius 2 is 2.43 bits per heavy atom. The summed E-state index contributed by atoms with van der Waals surface area (Å²) in [5, 5.41) is 0. The maximum absolute atomic E-state index is 5.66. The van der Waals surface area contributed by atoms with Crippen molar-refractivity contribution in [2.75, 3.05) is 0 Å². The highest BCUT2D eigenvalue weighted by Crippen LogP contribution is 2.17. The van der Waals surface area contributed by atoms with Crippen molar-refractivity contribution in [1.82, 2.24) is 0 Å². The van der Waals surface area contributed by atoms with Crippen LogP contribution < -0.4 is 5.73 Å². The lowest BCUT2D eigenvalue weighted by Crippen LogP contribution is -2.15. The van der Waals surface area contributed by atoms with Crippen LogP contribution in [0.1, 0.15) is 6.42 Å². The van der Waals surface area contributed by atoms with E-state index >= 15 is 0 Å². The first-order valence-electron chi connectivity index (χ1n) is 3.04. The molecule has 1 rings (SSSR count). The molecule has 2 heteroatoms. The minimum absolute atomic E-state index is 0.232. The lowest BCUT2D eigenvalue weighted by atomic mass is 10.3. The van der Waals surface area contributed by atoms with Crippen molar-refractivity contribution in [3.05, 3.63) is 0 Å². The van der Waals surface area contributed by atoms with Crippen molar-refractivity contribution in [2.45, 2.75) is 31.1 Å². The first-order chi connectivity index (χ1) is 3.29. The van der Waals surface area contributed by atoms with Gasteiger partial charge in [0.1, 0.15) is 0 Å². The Morgan fingerprint density at radius 1 is 1.71 bits per heavy atom. The first-order valence-corrected chi connectivity index (χ1v) is 5.83. The molecule has 1 saturated heterocycles. The van der Waals surface area contributed by atoms with E-state index in [1.165, 1.54) is 18.5 Å². The van der Waals surface area contributed by atoms with Crippen molar-refractivity contribution < 1.29 is 0 Å². The van der Waals surface area contributed by atoms with Crippen LogP contribution in [-0.2, 0) is 0 Å². The molecule has 0 saturated carbocycles. The van der Waals surface area contributed by atoms with Crippen LogP contribution in [0.15, 0.2) is 0 Å². The third-order valence-electron chi connectivity index (χ3n) is 1.74. The van der Waals surface area contributed by atoms with Gasteiger partial charge in [0, 0.05) is 14.8 Å². The normalized spacial score (nSPS) is 42.0. The van der Waals surface area contributed by atoms with Gasteiger partial charge in [-0.2, -0.15) is 0 Å². The summed E-state index contributed by atoms with van der Waals surface area (Å²) in [6.45, 7) is 2.41. The molecule has 0 aromatic rings. The Labute approximate surface area is 46.5 Å². The van der Waals surface area contributed by atoms with E-state index in [0.717, 1.165) is 0 Å². The van der Waals surface area contributed by atoms with Crippen LogP contribution in [0.4, 0.5) is 0 Å². The standard InChI is InChI=1S/C5H13NSi/c1-7-3-2-5(6)4-7/h5,7H,2-4,6H2,1H3. The lowest BCUT2D eigenvalue weighted by Gasteiger charge is -1.95. The van der Waals surface area contributed by atoms with Gasteiger partial charge in [0.15, 0.2) is 0 Å². The fourth-order valence-corrected chi connectivity index (χ4v) is 3.75. The van der Waals surface area contributed by atoms with E-state index in [1.807, 2.05) is 0 Å². The van der Waals surface area contributed by atoms with Crippen LogP contribution in [-0.4, -0.2) is 14.8 Å². The molecule has 1 nitrogen and oxygen atoms in total. The maximum atomic E-state index is 5.66. The average Bonchev–Trinajstić information content (AvgIpc) is 1.87. The molecule has 0 aromatic heterocycles. The fourth-order valence-electron chi connectivity index (χ4n) is 1.25. The number of hydrogen-bond donors (Lipinski definition) is 1. The zero-order chi connectivity index (χ0) is 5.28. The third kappa shape index (κ3) is 1.28. The average molecular weight is 115 g/mol. The molecule has 0 aromatic carbocycles. The minimum atomic E-state index is -0.232. The molecule has 2 unspecified atom stereocenters. The van der Waals surface area contributed by atoms with Crippen LogP contribution in [0, 0.1) is 0 Å². The molecule has 0 spiro atoms. The molecule has 0 radical (unpaired) electrons. The molecular weight excluding hydrogens is 102 g/mol. The SMILES string of the molecule is C[SiH]1CCC(N)C1. The van der Waals surface area contributed by atoms with E-state index in [-0.39, 0.29) is 8.80 Å². The number of rotatable bonds is 0. The summed E-state index contributed by atoms with van der Waals surface area (Å²) in [4.78, 5) is 0. The molecule has 42 valence electrons. The Kier molecular flexibility index (Phi) is 1.49. The van der Waals surface area contributed by atoms with Gasteiger partial charge in [0.05, 0.1) is 0 Å². The Morgan fingerprint density at radius 3 is 2.57 bits per heavy atom. The van der Waals surface area contributed by atoms with E-state index in [0.29, 0.717) is 6.04 Å². The van der Waals surface area contributed by atoms with Crippen LogP contribution in [0.5, 0.6) is 0 Å². The second-order valence-corrected chi connectivity index (χ2v) is 5.94. The van der Waals surface area contributed by atoms with E-state index in [9.17, 15) is 0 Å². The highest BCUT2D eigenvalue weighted by molar-refractivity contribution is 6.58. The van der Waals surface area contributed by atoms with Crippen LogP contribution in [0.3, 0.4) is 0 Å². The molecule has 1 aliphatic rings.